The number of nitrogens with one attached hydrogen (secondary N) is 2. The summed E-state index contributed by atoms with van der Waals surface area (Å²) in [5, 5.41) is 16.3. The summed E-state index contributed by atoms with van der Waals surface area (Å²) in [5.74, 6) is -3.32. The van der Waals surface area contributed by atoms with Crippen molar-refractivity contribution in [1.29, 1.82) is 0 Å². The molecule has 0 saturated carbocycles. The molecule has 0 radical (unpaired) electrons. The molecule has 0 saturated heterocycles. The molecule has 0 bridgehead atoms. The summed E-state index contributed by atoms with van der Waals surface area (Å²) in [4.78, 5) is 48.8. The first kappa shape index (κ1) is 28.0. The number of halogens is 1. The second-order valence-corrected chi connectivity index (χ2v) is 9.57. The Balaban J connectivity index is 3.09. The highest BCUT2D eigenvalue weighted by Gasteiger charge is 2.37. The molecule has 2 N–H and O–H groups in total. The van der Waals surface area contributed by atoms with Crippen molar-refractivity contribution in [1.82, 2.24) is 10.6 Å². The van der Waals surface area contributed by atoms with E-state index < -0.39 is 58.5 Å². The molecule has 0 spiro atoms. The van der Waals surface area contributed by atoms with Crippen LogP contribution in [-0.4, -0.2) is 48.4 Å². The molecule has 184 valence electrons. The smallest absolute Gasteiger partial charge is 0.328 e. The van der Waals surface area contributed by atoms with Gasteiger partial charge in [-0.05, 0) is 35.4 Å². The van der Waals surface area contributed by atoms with E-state index in [9.17, 15) is 28.9 Å². The molecular weight excluding hydrogens is 433 g/mol. The van der Waals surface area contributed by atoms with Gasteiger partial charge in [0.2, 0.25) is 18.4 Å². The maximum absolute atomic E-state index is 13.5. The van der Waals surface area contributed by atoms with E-state index in [1.165, 1.54) is 25.3 Å². The van der Waals surface area contributed by atoms with Crippen molar-refractivity contribution in [2.24, 2.45) is 17.3 Å². The number of esters is 1. The van der Waals surface area contributed by atoms with E-state index in [1.54, 1.807) is 26.8 Å². The number of carbonyl (C=O) groups excluding carboxylic acids is 3. The molecule has 0 aliphatic carbocycles. The Bertz CT molecular complexity index is 853. The summed E-state index contributed by atoms with van der Waals surface area (Å²) in [6, 6.07) is 3.42. The van der Waals surface area contributed by atoms with Crippen LogP contribution in [0.25, 0.3) is 0 Å². The first-order chi connectivity index (χ1) is 15.2. The highest BCUT2D eigenvalue weighted by atomic mass is 19.1. The van der Waals surface area contributed by atoms with E-state index >= 15 is 0 Å². The summed E-state index contributed by atoms with van der Waals surface area (Å²) >= 11 is 0. The van der Waals surface area contributed by atoms with E-state index in [4.69, 9.17) is 4.74 Å². The number of amides is 2. The van der Waals surface area contributed by atoms with Crippen molar-refractivity contribution < 1.29 is 28.4 Å². The van der Waals surface area contributed by atoms with E-state index in [0.29, 0.717) is 5.56 Å². The number of nitrogens with zero attached hydrogens (tertiary/aromatic N) is 1. The Morgan fingerprint density at radius 2 is 1.79 bits per heavy atom. The Kier molecular flexibility index (Phi) is 10.4. The van der Waals surface area contributed by atoms with Gasteiger partial charge in [0.1, 0.15) is 23.8 Å². The maximum Gasteiger partial charge on any atom is 0.328 e. The Hall–Kier alpha value is -3.04. The molecule has 33 heavy (non-hydrogen) atoms. The fraction of sp³-hybridized carbons (Fsp3) is 0.609. The Labute approximate surface area is 193 Å². The van der Waals surface area contributed by atoms with Crippen LogP contribution >= 0.6 is 0 Å². The molecule has 10 heteroatoms. The summed E-state index contributed by atoms with van der Waals surface area (Å²) in [6.45, 7) is 8.32. The van der Waals surface area contributed by atoms with Gasteiger partial charge in [-0.25, -0.2) is 9.18 Å². The molecule has 0 aliphatic heterocycles. The van der Waals surface area contributed by atoms with Crippen LogP contribution < -0.4 is 10.6 Å². The van der Waals surface area contributed by atoms with Crippen molar-refractivity contribution in [2.45, 2.75) is 59.5 Å². The zero-order valence-electron chi connectivity index (χ0n) is 20.0. The summed E-state index contributed by atoms with van der Waals surface area (Å²) in [5.41, 5.74) is -0.291. The Morgan fingerprint density at radius 3 is 2.27 bits per heavy atom. The van der Waals surface area contributed by atoms with Gasteiger partial charge in [-0.15, -0.1) is 0 Å². The fourth-order valence-electron chi connectivity index (χ4n) is 3.44. The highest BCUT2D eigenvalue weighted by Crippen LogP contribution is 2.22. The van der Waals surface area contributed by atoms with Crippen LogP contribution in [0.15, 0.2) is 24.3 Å². The predicted octanol–water partition coefficient (Wildman–Crippen LogP) is 2.50. The average Bonchev–Trinajstić information content (AvgIpc) is 2.68. The molecule has 0 fully saturated rings. The number of rotatable bonds is 11. The van der Waals surface area contributed by atoms with Gasteiger partial charge < -0.3 is 15.4 Å². The van der Waals surface area contributed by atoms with Gasteiger partial charge in [0.25, 0.3) is 0 Å². The second kappa shape index (κ2) is 12.3. The zero-order chi connectivity index (χ0) is 25.3. The van der Waals surface area contributed by atoms with Crippen molar-refractivity contribution in [3.05, 3.63) is 45.8 Å². The van der Waals surface area contributed by atoms with E-state index in [0.717, 1.165) is 0 Å². The monoisotopic (exact) mass is 467 g/mol. The van der Waals surface area contributed by atoms with Gasteiger partial charge in [0, 0.05) is 11.3 Å². The van der Waals surface area contributed by atoms with Crippen LogP contribution in [0.1, 0.15) is 46.6 Å². The van der Waals surface area contributed by atoms with E-state index in [-0.39, 0.29) is 18.8 Å². The number of hydrogen-bond donors (Lipinski definition) is 2. The molecule has 0 aromatic heterocycles. The largest absolute Gasteiger partial charge is 0.467 e. The van der Waals surface area contributed by atoms with Crippen LogP contribution in [0.2, 0.25) is 0 Å². The fourth-order valence-corrected chi connectivity index (χ4v) is 3.44. The van der Waals surface area contributed by atoms with Gasteiger partial charge in [0.05, 0.1) is 7.11 Å². The quantitative estimate of drug-likeness (QED) is 0.292. The van der Waals surface area contributed by atoms with Crippen LogP contribution in [-0.2, 0) is 25.5 Å². The zero-order valence-corrected chi connectivity index (χ0v) is 20.0. The SMILES string of the molecule is COC(=O)[C@@H](Cc1cccc(F)c1)NC(=O)[C@@H](NC(=O)[C@H](CC(C)C)C[N+](=O)[O-])C(C)(C)C. The Morgan fingerprint density at radius 1 is 1.15 bits per heavy atom. The lowest BCUT2D eigenvalue weighted by Gasteiger charge is -2.32. The number of methoxy groups -OCH3 is 1. The van der Waals surface area contributed by atoms with Crippen molar-refractivity contribution in [2.75, 3.05) is 13.7 Å². The highest BCUT2D eigenvalue weighted by molar-refractivity contribution is 5.92. The molecule has 2 amide bonds. The lowest BCUT2D eigenvalue weighted by Crippen LogP contribution is -2.58. The maximum atomic E-state index is 13.5. The third-order valence-corrected chi connectivity index (χ3v) is 5.04. The van der Waals surface area contributed by atoms with Crippen molar-refractivity contribution >= 4 is 17.8 Å². The normalized spacial score (nSPS) is 14.2. The molecule has 3 atom stereocenters. The minimum absolute atomic E-state index is 0.0156. The number of benzene rings is 1. The van der Waals surface area contributed by atoms with Crippen LogP contribution in [0.4, 0.5) is 4.39 Å². The third kappa shape index (κ3) is 9.55. The lowest BCUT2D eigenvalue weighted by molar-refractivity contribution is -0.486. The number of ether oxygens (including phenoxy) is 1. The molecule has 1 rings (SSSR count). The summed E-state index contributed by atoms with van der Waals surface area (Å²) < 4.78 is 18.3. The third-order valence-electron chi connectivity index (χ3n) is 5.04. The van der Waals surface area contributed by atoms with E-state index in [2.05, 4.69) is 10.6 Å². The number of hydrogen-bond acceptors (Lipinski definition) is 6. The molecule has 0 unspecified atom stereocenters. The van der Waals surface area contributed by atoms with Crippen molar-refractivity contribution in [3.63, 3.8) is 0 Å². The van der Waals surface area contributed by atoms with Gasteiger partial charge in [0.15, 0.2) is 0 Å². The number of carbonyl (C=O) groups is 3. The molecule has 1 aromatic rings. The first-order valence-corrected chi connectivity index (χ1v) is 10.8. The predicted molar refractivity (Wildman–Crippen MR) is 120 cm³/mol. The molecule has 0 heterocycles. The van der Waals surface area contributed by atoms with E-state index in [1.807, 2.05) is 13.8 Å². The van der Waals surface area contributed by atoms with Crippen LogP contribution in [0, 0.1) is 33.2 Å². The van der Waals surface area contributed by atoms with Gasteiger partial charge in [-0.2, -0.15) is 0 Å². The topological polar surface area (TPSA) is 128 Å². The minimum atomic E-state index is -1.11. The molecule has 1 aromatic carbocycles. The number of nitro groups is 1. The van der Waals surface area contributed by atoms with Crippen molar-refractivity contribution in [3.8, 4) is 0 Å². The first-order valence-electron chi connectivity index (χ1n) is 10.8. The second-order valence-electron chi connectivity index (χ2n) is 9.57. The summed E-state index contributed by atoms with van der Waals surface area (Å²) in [7, 11) is 1.17. The molecule has 0 aliphatic rings. The van der Waals surface area contributed by atoms with Gasteiger partial charge >= 0.3 is 5.97 Å². The standard InChI is InChI=1S/C23H34FN3O6/c1-14(2)10-16(13-27(31)32)20(28)26-19(23(3,4)5)21(29)25-18(22(30)33-6)12-15-8-7-9-17(24)11-15/h7-9,11,14,16,18-19H,10,12-13H2,1-6H3,(H,25,29)(H,26,28)/t16-,18-,19-/m1/s1. The van der Waals surface area contributed by atoms with Crippen LogP contribution in [0.5, 0.6) is 0 Å². The average molecular weight is 468 g/mol. The molecular formula is C23H34FN3O6. The lowest BCUT2D eigenvalue weighted by atomic mass is 9.85. The molecule has 9 nitrogen and oxygen atoms in total. The minimum Gasteiger partial charge on any atom is -0.467 e. The summed E-state index contributed by atoms with van der Waals surface area (Å²) in [6.07, 6.45) is 0.272. The van der Waals surface area contributed by atoms with Gasteiger partial charge in [-0.1, -0.05) is 46.8 Å². The van der Waals surface area contributed by atoms with Crippen LogP contribution in [0.3, 0.4) is 0 Å². The van der Waals surface area contributed by atoms with Gasteiger partial charge in [-0.3, -0.25) is 19.7 Å².